The van der Waals surface area contributed by atoms with Crippen LogP contribution in [-0.4, -0.2) is 14.2 Å². The van der Waals surface area contributed by atoms with E-state index in [1.165, 1.54) is 21.5 Å². The average Bonchev–Trinajstić information content (AvgIpc) is 2.70. The lowest BCUT2D eigenvalue weighted by molar-refractivity contribution is 0.415. The third-order valence-corrected chi connectivity index (χ3v) is 15.9. The third-order valence-electron chi connectivity index (χ3n) is 15.9. The van der Waals surface area contributed by atoms with Crippen molar-refractivity contribution in [1.29, 1.82) is 0 Å². The van der Waals surface area contributed by atoms with Crippen LogP contribution in [0, 0.1) is 0 Å². The quantitative estimate of drug-likeness (QED) is 0.102. The zero-order chi connectivity index (χ0) is 56.3. The Labute approximate surface area is 490 Å². The topological polar surface area (TPSA) is 31.4 Å². The average molecular weight is 1080 g/mol. The van der Waals surface area contributed by atoms with Crippen molar-refractivity contribution >= 4 is 111 Å². The van der Waals surface area contributed by atoms with Crippen molar-refractivity contribution in [2.24, 2.45) is 0 Å². The maximum atomic E-state index is 5.55. The molecule has 0 radical (unpaired) electrons. The first kappa shape index (κ1) is 51.1. The summed E-state index contributed by atoms with van der Waals surface area (Å²) in [4.78, 5) is 9.39. The van der Waals surface area contributed by atoms with Crippen LogP contribution in [0.5, 0.6) is 11.5 Å². The molecule has 6 nitrogen and oxygen atoms in total. The summed E-state index contributed by atoms with van der Waals surface area (Å²) in [5.41, 5.74) is 15.1. The number of methoxy groups -OCH3 is 2. The zero-order valence-electron chi connectivity index (χ0n) is 46.6. The van der Waals surface area contributed by atoms with Crippen LogP contribution in [0.3, 0.4) is 0 Å². The molecule has 0 amide bonds. The number of anilines is 12. The number of fused-ring (bicyclic) bond motifs is 4. The molecule has 402 valence electrons. The lowest BCUT2D eigenvalue weighted by atomic mass is 10.0. The van der Waals surface area contributed by atoms with E-state index in [0.717, 1.165) is 112 Å². The van der Waals surface area contributed by atoms with Crippen molar-refractivity contribution in [3.63, 3.8) is 0 Å². The van der Waals surface area contributed by atoms with E-state index >= 15 is 0 Å². The molecule has 0 saturated heterocycles. The molecular weight excluding hydrogens is 1020 g/mol. The van der Waals surface area contributed by atoms with E-state index in [9.17, 15) is 0 Å². The van der Waals surface area contributed by atoms with Crippen LogP contribution in [0.4, 0.5) is 68.2 Å². The molecule has 0 saturated carbocycles. The summed E-state index contributed by atoms with van der Waals surface area (Å²) in [7, 11) is 3.42. The molecule has 14 aromatic carbocycles. The summed E-state index contributed by atoms with van der Waals surface area (Å²) < 4.78 is 11.1. The summed E-state index contributed by atoms with van der Waals surface area (Å²) >= 11 is 0. The summed E-state index contributed by atoms with van der Waals surface area (Å²) in [6, 6.07) is 113. The van der Waals surface area contributed by atoms with Crippen molar-refractivity contribution in [2.75, 3.05) is 33.8 Å². The third kappa shape index (κ3) is 9.92. The monoisotopic (exact) mass is 1080 g/mol. The fourth-order valence-electron chi connectivity index (χ4n) is 11.8. The normalized spacial score (nSPS) is 11.2. The highest BCUT2D eigenvalue weighted by molar-refractivity contribution is 6.01. The molecule has 6 heteroatoms. The zero-order valence-corrected chi connectivity index (χ0v) is 46.6. The highest BCUT2D eigenvalue weighted by Crippen LogP contribution is 2.45. The van der Waals surface area contributed by atoms with Crippen molar-refractivity contribution < 1.29 is 9.47 Å². The number of hydrogen-bond acceptors (Lipinski definition) is 6. The highest BCUT2D eigenvalue weighted by Gasteiger charge is 2.21. The van der Waals surface area contributed by atoms with Gasteiger partial charge in [0.25, 0.3) is 0 Å². The summed E-state index contributed by atoms with van der Waals surface area (Å²) in [6.45, 7) is 0. The number of para-hydroxylation sites is 2. The number of benzene rings is 14. The molecule has 0 bridgehead atoms. The van der Waals surface area contributed by atoms with Gasteiger partial charge in [-0.1, -0.05) is 158 Å². The van der Waals surface area contributed by atoms with Gasteiger partial charge in [0.2, 0.25) is 0 Å². The van der Waals surface area contributed by atoms with Crippen LogP contribution < -0.4 is 29.1 Å². The SMILES string of the molecule is COc1ccc2cc(N(c3ccccc3)c3ccc(N(c4ccc(-c5ccc(N(c6ccc(N(c7ccccc7)c7ccc8cc(OC)ccc8c7)cc6)c6cccc7ccccc67)cc5)cc4)c4cccc5ccccc45)cc3)ccc2c1. The second-order valence-electron chi connectivity index (χ2n) is 20.9. The first-order valence-corrected chi connectivity index (χ1v) is 28.4. The summed E-state index contributed by atoms with van der Waals surface area (Å²) in [5.74, 6) is 1.69. The molecule has 0 aliphatic carbocycles. The van der Waals surface area contributed by atoms with E-state index < -0.39 is 0 Å². The Morgan fingerprint density at radius 3 is 0.869 bits per heavy atom. The Hall–Kier alpha value is -11.1. The Kier molecular flexibility index (Phi) is 13.7. The Bertz CT molecular complexity index is 4320. The maximum absolute atomic E-state index is 5.55. The second kappa shape index (κ2) is 22.5. The molecule has 0 N–H and O–H groups in total. The molecule has 0 aromatic heterocycles. The van der Waals surface area contributed by atoms with Gasteiger partial charge in [0.05, 0.1) is 25.6 Å². The van der Waals surface area contributed by atoms with E-state index in [0.29, 0.717) is 0 Å². The van der Waals surface area contributed by atoms with Gasteiger partial charge >= 0.3 is 0 Å². The Morgan fingerprint density at radius 1 is 0.202 bits per heavy atom. The molecule has 14 aromatic rings. The van der Waals surface area contributed by atoms with Crippen molar-refractivity contribution in [3.8, 4) is 22.6 Å². The van der Waals surface area contributed by atoms with E-state index in [4.69, 9.17) is 9.47 Å². The number of rotatable bonds is 15. The molecule has 14 rings (SSSR count). The molecular formula is C78H58N4O2. The van der Waals surface area contributed by atoms with Crippen LogP contribution in [0.15, 0.2) is 315 Å². The van der Waals surface area contributed by atoms with Gasteiger partial charge < -0.3 is 29.1 Å². The van der Waals surface area contributed by atoms with E-state index in [2.05, 4.69) is 323 Å². The molecule has 0 unspecified atom stereocenters. The molecule has 0 atom stereocenters. The van der Waals surface area contributed by atoms with Gasteiger partial charge in [-0.3, -0.25) is 0 Å². The van der Waals surface area contributed by atoms with Gasteiger partial charge in [0.1, 0.15) is 11.5 Å². The van der Waals surface area contributed by atoms with Crippen LogP contribution in [0.1, 0.15) is 0 Å². The largest absolute Gasteiger partial charge is 0.497 e. The van der Waals surface area contributed by atoms with Crippen molar-refractivity contribution in [2.45, 2.75) is 0 Å². The minimum atomic E-state index is 0.845. The fraction of sp³-hybridized carbons (Fsp3) is 0.0256. The van der Waals surface area contributed by atoms with Crippen molar-refractivity contribution in [3.05, 3.63) is 315 Å². The maximum Gasteiger partial charge on any atom is 0.119 e. The summed E-state index contributed by atoms with van der Waals surface area (Å²) in [6.07, 6.45) is 0. The number of hydrogen-bond donors (Lipinski definition) is 0. The predicted molar refractivity (Wildman–Crippen MR) is 354 cm³/mol. The highest BCUT2D eigenvalue weighted by atomic mass is 16.5. The molecule has 0 spiro atoms. The van der Waals surface area contributed by atoms with Crippen molar-refractivity contribution in [1.82, 2.24) is 0 Å². The van der Waals surface area contributed by atoms with Gasteiger partial charge in [-0.05, 0) is 201 Å². The van der Waals surface area contributed by atoms with Crippen LogP contribution >= 0.6 is 0 Å². The molecule has 0 aliphatic heterocycles. The van der Waals surface area contributed by atoms with Gasteiger partial charge in [-0.25, -0.2) is 0 Å². The molecule has 0 fully saturated rings. The molecule has 0 aliphatic rings. The van der Waals surface area contributed by atoms with Gasteiger partial charge in [-0.2, -0.15) is 0 Å². The van der Waals surface area contributed by atoms with Crippen LogP contribution in [0.2, 0.25) is 0 Å². The van der Waals surface area contributed by atoms with E-state index in [-0.39, 0.29) is 0 Å². The summed E-state index contributed by atoms with van der Waals surface area (Å²) in [5, 5.41) is 9.26. The number of nitrogens with zero attached hydrogens (tertiary/aromatic N) is 4. The van der Waals surface area contributed by atoms with Crippen LogP contribution in [-0.2, 0) is 0 Å². The first-order chi connectivity index (χ1) is 41.5. The standard InChI is InChI=1S/C78H58N4O2/c1-83-73-49-33-59-51-71(39-31-61(59)53-73)79(63-19-5-3-6-20-63)65-41-45-69(46-42-65)81(77-25-13-17-57-15-9-11-23-75(57)77)67-35-27-55(28-36-67)56-29-37-68(38-30-56)82(78-26-14-18-58-16-10-12-24-76(58)78)70-47-43-66(44-48-70)80(64-21-7-4-8-22-64)72-40-32-62-54-74(84-2)50-34-60(62)52-72/h3-54H,1-2H3. The first-order valence-electron chi connectivity index (χ1n) is 28.4. The Balaban J connectivity index is 0.801. The minimum absolute atomic E-state index is 0.845. The Morgan fingerprint density at radius 2 is 0.488 bits per heavy atom. The smallest absolute Gasteiger partial charge is 0.119 e. The predicted octanol–water partition coefficient (Wildman–Crippen LogP) is 21.9. The molecule has 84 heavy (non-hydrogen) atoms. The minimum Gasteiger partial charge on any atom is -0.497 e. The molecule has 0 heterocycles. The lowest BCUT2D eigenvalue weighted by Crippen LogP contribution is -2.12. The van der Waals surface area contributed by atoms with Gasteiger partial charge in [-0.15, -0.1) is 0 Å². The van der Waals surface area contributed by atoms with Gasteiger partial charge in [0.15, 0.2) is 0 Å². The van der Waals surface area contributed by atoms with E-state index in [1.807, 2.05) is 12.1 Å². The fourth-order valence-corrected chi connectivity index (χ4v) is 11.8. The van der Waals surface area contributed by atoms with Gasteiger partial charge in [0, 0.05) is 67.6 Å². The lowest BCUT2D eigenvalue weighted by Gasteiger charge is -2.29. The number of ether oxygens (including phenoxy) is 2. The van der Waals surface area contributed by atoms with Crippen LogP contribution in [0.25, 0.3) is 54.2 Å². The second-order valence-corrected chi connectivity index (χ2v) is 20.9. The van der Waals surface area contributed by atoms with E-state index in [1.54, 1.807) is 14.2 Å².